The van der Waals surface area contributed by atoms with Crippen molar-refractivity contribution in [1.29, 1.82) is 0 Å². The molecule has 3 aromatic rings. The third kappa shape index (κ3) is 4.72. The number of aromatic nitrogens is 2. The molecule has 2 aromatic carbocycles. The van der Waals surface area contributed by atoms with E-state index in [1.807, 2.05) is 0 Å². The standard InChI is InChI=1S/C23H24FN3O6/c1-12-8-14(24)7-6-13(12)9-19(28)25-16-11-33-18(21(30)20(16)29)10-27-17-5-3-2-4-15(17)22(31)26-23(27)32/h2-8,16,18,20-21,29-30H,9-11H2,1H3,(H,25,28)(H,26,31,32)/t16-,18-,20+,21-/m1/s1. The van der Waals surface area contributed by atoms with Crippen LogP contribution in [0.25, 0.3) is 10.9 Å². The number of benzene rings is 2. The van der Waals surface area contributed by atoms with Crippen LogP contribution >= 0.6 is 0 Å². The average molecular weight is 457 g/mol. The number of aromatic amines is 1. The predicted octanol–water partition coefficient (Wildman–Crippen LogP) is -0.0146. The van der Waals surface area contributed by atoms with Crippen LogP contribution in [0, 0.1) is 12.7 Å². The van der Waals surface area contributed by atoms with Crippen molar-refractivity contribution in [2.75, 3.05) is 6.61 Å². The normalized spacial score (nSPS) is 22.9. The Morgan fingerprint density at radius 3 is 2.73 bits per heavy atom. The van der Waals surface area contributed by atoms with Gasteiger partial charge in [-0.05, 0) is 42.3 Å². The van der Waals surface area contributed by atoms with Gasteiger partial charge in [0.2, 0.25) is 5.91 Å². The van der Waals surface area contributed by atoms with Crippen molar-refractivity contribution in [3.05, 3.63) is 80.2 Å². The van der Waals surface area contributed by atoms with Crippen LogP contribution in [0.1, 0.15) is 11.1 Å². The van der Waals surface area contributed by atoms with Crippen LogP contribution in [-0.4, -0.2) is 56.6 Å². The maximum Gasteiger partial charge on any atom is 0.328 e. The lowest BCUT2D eigenvalue weighted by Gasteiger charge is -2.38. The molecule has 1 saturated heterocycles. The summed E-state index contributed by atoms with van der Waals surface area (Å²) in [5, 5.41) is 24.1. The van der Waals surface area contributed by atoms with Gasteiger partial charge in [0.25, 0.3) is 5.56 Å². The second-order valence-electron chi connectivity index (χ2n) is 8.16. The van der Waals surface area contributed by atoms with E-state index < -0.39 is 47.3 Å². The summed E-state index contributed by atoms with van der Waals surface area (Å²) >= 11 is 0. The Kier molecular flexibility index (Phi) is 6.41. The zero-order valence-corrected chi connectivity index (χ0v) is 17.8. The molecular weight excluding hydrogens is 433 g/mol. The molecule has 174 valence electrons. The van der Waals surface area contributed by atoms with Gasteiger partial charge in [0.05, 0.1) is 36.5 Å². The highest BCUT2D eigenvalue weighted by atomic mass is 19.1. The highest BCUT2D eigenvalue weighted by molar-refractivity contribution is 5.79. The summed E-state index contributed by atoms with van der Waals surface area (Å²) < 4.78 is 20.2. The maximum atomic E-state index is 13.3. The second-order valence-corrected chi connectivity index (χ2v) is 8.16. The molecule has 1 amide bonds. The number of carbonyl (C=O) groups is 1. The van der Waals surface area contributed by atoms with Crippen molar-refractivity contribution >= 4 is 16.8 Å². The van der Waals surface area contributed by atoms with E-state index in [1.54, 1.807) is 31.2 Å². The molecule has 1 aliphatic rings. The van der Waals surface area contributed by atoms with E-state index in [0.717, 1.165) is 0 Å². The fraction of sp³-hybridized carbons (Fsp3) is 0.348. The zero-order chi connectivity index (χ0) is 23.7. The Morgan fingerprint density at radius 2 is 1.97 bits per heavy atom. The lowest BCUT2D eigenvalue weighted by Crippen LogP contribution is -2.60. The molecule has 0 aliphatic carbocycles. The summed E-state index contributed by atoms with van der Waals surface area (Å²) in [6, 6.07) is 9.79. The molecule has 0 spiro atoms. The molecule has 4 atom stereocenters. The molecule has 0 bridgehead atoms. The maximum absolute atomic E-state index is 13.3. The highest BCUT2D eigenvalue weighted by Gasteiger charge is 2.39. The molecule has 2 heterocycles. The molecule has 4 N–H and O–H groups in total. The lowest BCUT2D eigenvalue weighted by molar-refractivity contribution is -0.158. The van der Waals surface area contributed by atoms with Crippen molar-refractivity contribution < 1.29 is 24.1 Å². The third-order valence-electron chi connectivity index (χ3n) is 5.90. The van der Waals surface area contributed by atoms with E-state index in [9.17, 15) is 29.0 Å². The predicted molar refractivity (Wildman–Crippen MR) is 117 cm³/mol. The number of halogens is 1. The number of fused-ring (bicyclic) bond motifs is 1. The summed E-state index contributed by atoms with van der Waals surface area (Å²) in [6.07, 6.45) is -3.70. The fourth-order valence-electron chi connectivity index (χ4n) is 4.06. The Labute approximate surface area is 187 Å². The zero-order valence-electron chi connectivity index (χ0n) is 17.8. The number of amides is 1. The molecule has 10 heteroatoms. The van der Waals surface area contributed by atoms with Gasteiger partial charge in [0, 0.05) is 0 Å². The van der Waals surface area contributed by atoms with Gasteiger partial charge in [0.1, 0.15) is 24.1 Å². The van der Waals surface area contributed by atoms with Gasteiger partial charge < -0.3 is 20.3 Å². The minimum absolute atomic E-state index is 0.0202. The van der Waals surface area contributed by atoms with Crippen LogP contribution in [0.4, 0.5) is 4.39 Å². The number of nitrogens with one attached hydrogen (secondary N) is 2. The highest BCUT2D eigenvalue weighted by Crippen LogP contribution is 2.19. The molecule has 9 nitrogen and oxygen atoms in total. The number of aliphatic hydroxyl groups is 2. The first-order valence-corrected chi connectivity index (χ1v) is 10.5. The van der Waals surface area contributed by atoms with Gasteiger partial charge in [-0.3, -0.25) is 19.1 Å². The lowest BCUT2D eigenvalue weighted by atomic mass is 9.97. The van der Waals surface area contributed by atoms with E-state index in [-0.39, 0.29) is 19.6 Å². The molecule has 0 unspecified atom stereocenters. The quantitative estimate of drug-likeness (QED) is 0.426. The van der Waals surface area contributed by atoms with Crippen LogP contribution < -0.4 is 16.6 Å². The number of hydrogen-bond acceptors (Lipinski definition) is 6. The Hall–Kier alpha value is -3.34. The van der Waals surface area contributed by atoms with Crippen LogP contribution in [0.3, 0.4) is 0 Å². The number of carbonyl (C=O) groups excluding carboxylic acids is 1. The molecule has 1 aliphatic heterocycles. The van der Waals surface area contributed by atoms with E-state index in [2.05, 4.69) is 10.3 Å². The molecule has 0 saturated carbocycles. The fourth-order valence-corrected chi connectivity index (χ4v) is 4.06. The smallest absolute Gasteiger partial charge is 0.328 e. The SMILES string of the molecule is Cc1cc(F)ccc1CC(=O)N[C@@H]1CO[C@H](Cn2c(=O)[nH]c(=O)c3ccccc32)[C@@H](O)[C@H]1O. The summed E-state index contributed by atoms with van der Waals surface area (Å²) in [5.41, 5.74) is 0.471. The molecule has 1 fully saturated rings. The molecular formula is C23H24FN3O6. The van der Waals surface area contributed by atoms with Gasteiger partial charge in [-0.2, -0.15) is 0 Å². The summed E-state index contributed by atoms with van der Waals surface area (Å²) in [4.78, 5) is 39.1. The van der Waals surface area contributed by atoms with Crippen molar-refractivity contribution in [2.45, 2.75) is 44.2 Å². The van der Waals surface area contributed by atoms with Gasteiger partial charge in [-0.1, -0.05) is 18.2 Å². The monoisotopic (exact) mass is 457 g/mol. The van der Waals surface area contributed by atoms with E-state index in [4.69, 9.17) is 4.74 Å². The molecule has 33 heavy (non-hydrogen) atoms. The van der Waals surface area contributed by atoms with Crippen molar-refractivity contribution in [3.8, 4) is 0 Å². The topological polar surface area (TPSA) is 134 Å². The third-order valence-corrected chi connectivity index (χ3v) is 5.90. The largest absolute Gasteiger partial charge is 0.388 e. The first-order chi connectivity index (χ1) is 15.7. The van der Waals surface area contributed by atoms with Crippen LogP contribution in [0.15, 0.2) is 52.1 Å². The second kappa shape index (κ2) is 9.26. The summed E-state index contributed by atoms with van der Waals surface area (Å²) in [7, 11) is 0. The Balaban J connectivity index is 1.45. The van der Waals surface area contributed by atoms with Crippen molar-refractivity contribution in [1.82, 2.24) is 14.9 Å². The van der Waals surface area contributed by atoms with Crippen LogP contribution in [-0.2, 0) is 22.5 Å². The molecule has 1 aromatic heterocycles. The van der Waals surface area contributed by atoms with Crippen LogP contribution in [0.5, 0.6) is 0 Å². The van der Waals surface area contributed by atoms with Crippen molar-refractivity contribution in [2.24, 2.45) is 0 Å². The number of nitrogens with zero attached hydrogens (tertiary/aromatic N) is 1. The number of para-hydroxylation sites is 1. The Bertz CT molecular complexity index is 1300. The van der Waals surface area contributed by atoms with E-state index in [0.29, 0.717) is 22.0 Å². The molecule has 0 radical (unpaired) electrons. The van der Waals surface area contributed by atoms with E-state index in [1.165, 1.54) is 22.8 Å². The minimum atomic E-state index is -1.39. The summed E-state index contributed by atoms with van der Waals surface area (Å²) in [6.45, 7) is 1.50. The first-order valence-electron chi connectivity index (χ1n) is 10.5. The van der Waals surface area contributed by atoms with Crippen LogP contribution in [0.2, 0.25) is 0 Å². The number of hydrogen-bond donors (Lipinski definition) is 4. The van der Waals surface area contributed by atoms with Gasteiger partial charge >= 0.3 is 5.69 Å². The number of aliphatic hydroxyl groups excluding tert-OH is 2. The first kappa shape index (κ1) is 22.8. The van der Waals surface area contributed by atoms with Gasteiger partial charge in [0.15, 0.2) is 0 Å². The van der Waals surface area contributed by atoms with E-state index >= 15 is 0 Å². The Morgan fingerprint density at radius 1 is 1.21 bits per heavy atom. The number of H-pyrrole nitrogens is 1. The number of aryl methyl sites for hydroxylation is 1. The minimum Gasteiger partial charge on any atom is -0.388 e. The van der Waals surface area contributed by atoms with Crippen molar-refractivity contribution in [3.63, 3.8) is 0 Å². The van der Waals surface area contributed by atoms with Gasteiger partial charge in [-0.15, -0.1) is 0 Å². The van der Waals surface area contributed by atoms with Gasteiger partial charge in [-0.25, -0.2) is 9.18 Å². The average Bonchev–Trinajstić information content (AvgIpc) is 2.78. The molecule has 4 rings (SSSR count). The number of rotatable bonds is 5. The number of ether oxygens (including phenoxy) is 1. The summed E-state index contributed by atoms with van der Waals surface area (Å²) in [5.74, 6) is -0.804.